The maximum Gasteiger partial charge on any atom is 0.251 e. The van der Waals surface area contributed by atoms with E-state index in [1.807, 2.05) is 13.8 Å². The molecule has 0 bridgehead atoms. The zero-order valence-electron chi connectivity index (χ0n) is 8.96. The highest BCUT2D eigenvalue weighted by molar-refractivity contribution is 6.18. The van der Waals surface area contributed by atoms with Gasteiger partial charge in [-0.25, -0.2) is 0 Å². The van der Waals surface area contributed by atoms with Crippen LogP contribution in [0.2, 0.25) is 0 Å². The first-order chi connectivity index (χ1) is 7.13. The van der Waals surface area contributed by atoms with E-state index in [1.54, 1.807) is 18.3 Å². The minimum Gasteiger partial charge on any atom is -0.352 e. The first-order valence-electron chi connectivity index (χ1n) is 4.90. The van der Waals surface area contributed by atoms with Gasteiger partial charge in [-0.1, -0.05) is 6.92 Å². The van der Waals surface area contributed by atoms with Crippen LogP contribution in [0.5, 0.6) is 0 Å². The third-order valence-corrected chi connectivity index (χ3v) is 2.56. The summed E-state index contributed by atoms with van der Waals surface area (Å²) in [5.41, 5.74) is 1.48. The van der Waals surface area contributed by atoms with E-state index in [0.29, 0.717) is 23.9 Å². The maximum absolute atomic E-state index is 11.6. The summed E-state index contributed by atoms with van der Waals surface area (Å²) >= 11 is 5.65. The Bertz CT molecular complexity index is 341. The van der Waals surface area contributed by atoms with E-state index in [4.69, 9.17) is 11.6 Å². The van der Waals surface area contributed by atoms with E-state index in [2.05, 4.69) is 10.3 Å². The Labute approximate surface area is 94.9 Å². The number of alkyl halides is 1. The highest BCUT2D eigenvalue weighted by Gasteiger charge is 2.07. The number of carbonyl (C=O) groups is 1. The number of carbonyl (C=O) groups excluding carboxylic acids is 1. The molecule has 1 N–H and O–H groups in total. The summed E-state index contributed by atoms with van der Waals surface area (Å²) in [6.45, 7) is 4.45. The van der Waals surface area contributed by atoms with Crippen LogP contribution in [-0.2, 0) is 0 Å². The average molecular weight is 227 g/mol. The standard InChI is InChI=1S/C11H15ClN2O/c1-8(6-12)7-14-11(15)10-3-4-13-9(2)5-10/h3-5,8H,6-7H2,1-2H3,(H,14,15). The summed E-state index contributed by atoms with van der Waals surface area (Å²) in [6.07, 6.45) is 1.63. The van der Waals surface area contributed by atoms with Gasteiger partial charge in [0.2, 0.25) is 0 Å². The van der Waals surface area contributed by atoms with E-state index in [1.165, 1.54) is 0 Å². The lowest BCUT2D eigenvalue weighted by Crippen LogP contribution is -2.28. The minimum atomic E-state index is -0.0718. The van der Waals surface area contributed by atoms with Crippen molar-refractivity contribution in [2.75, 3.05) is 12.4 Å². The summed E-state index contributed by atoms with van der Waals surface area (Å²) in [4.78, 5) is 15.7. The first-order valence-corrected chi connectivity index (χ1v) is 5.43. The fourth-order valence-electron chi connectivity index (χ4n) is 1.11. The molecule has 0 aliphatic heterocycles. The van der Waals surface area contributed by atoms with Crippen LogP contribution in [0.1, 0.15) is 23.0 Å². The van der Waals surface area contributed by atoms with Crippen LogP contribution in [-0.4, -0.2) is 23.3 Å². The third kappa shape index (κ3) is 3.88. The molecule has 0 aliphatic rings. The quantitative estimate of drug-likeness (QED) is 0.798. The Kier molecular flexibility index (Phi) is 4.56. The molecule has 0 aliphatic carbocycles. The molecule has 82 valence electrons. The molecule has 1 atom stereocenters. The van der Waals surface area contributed by atoms with Crippen molar-refractivity contribution in [3.05, 3.63) is 29.6 Å². The van der Waals surface area contributed by atoms with Gasteiger partial charge in [0.15, 0.2) is 0 Å². The monoisotopic (exact) mass is 226 g/mol. The predicted octanol–water partition coefficient (Wildman–Crippen LogP) is 1.99. The smallest absolute Gasteiger partial charge is 0.251 e. The topological polar surface area (TPSA) is 42.0 Å². The van der Waals surface area contributed by atoms with Crippen molar-refractivity contribution in [3.63, 3.8) is 0 Å². The van der Waals surface area contributed by atoms with E-state index in [-0.39, 0.29) is 5.91 Å². The van der Waals surface area contributed by atoms with E-state index >= 15 is 0 Å². The molecule has 1 aromatic heterocycles. The summed E-state index contributed by atoms with van der Waals surface area (Å²) in [5, 5.41) is 2.83. The molecule has 0 saturated carbocycles. The molecular formula is C11H15ClN2O. The average Bonchev–Trinajstić information content (AvgIpc) is 2.25. The lowest BCUT2D eigenvalue weighted by atomic mass is 10.2. The van der Waals surface area contributed by atoms with Crippen molar-refractivity contribution in [2.45, 2.75) is 13.8 Å². The van der Waals surface area contributed by atoms with Gasteiger partial charge in [0.25, 0.3) is 5.91 Å². The first kappa shape index (κ1) is 12.0. The molecule has 1 heterocycles. The number of nitrogens with zero attached hydrogens (tertiary/aromatic N) is 1. The number of hydrogen-bond acceptors (Lipinski definition) is 2. The Balaban J connectivity index is 2.54. The zero-order valence-corrected chi connectivity index (χ0v) is 9.71. The minimum absolute atomic E-state index is 0.0718. The molecule has 0 saturated heterocycles. The Morgan fingerprint density at radius 3 is 3.00 bits per heavy atom. The van der Waals surface area contributed by atoms with Crippen LogP contribution >= 0.6 is 11.6 Å². The molecule has 0 radical (unpaired) electrons. The number of rotatable bonds is 4. The normalized spacial score (nSPS) is 12.2. The van der Waals surface area contributed by atoms with Crippen LogP contribution in [0.25, 0.3) is 0 Å². The fourth-order valence-corrected chi connectivity index (χ4v) is 1.22. The van der Waals surface area contributed by atoms with Crippen molar-refractivity contribution in [1.29, 1.82) is 0 Å². The second-order valence-corrected chi connectivity index (χ2v) is 3.96. The highest BCUT2D eigenvalue weighted by Crippen LogP contribution is 2.01. The number of aromatic nitrogens is 1. The second-order valence-electron chi connectivity index (χ2n) is 3.66. The molecule has 1 unspecified atom stereocenters. The van der Waals surface area contributed by atoms with Crippen LogP contribution < -0.4 is 5.32 Å². The van der Waals surface area contributed by atoms with Crippen LogP contribution in [0.3, 0.4) is 0 Å². The number of nitrogens with one attached hydrogen (secondary N) is 1. The van der Waals surface area contributed by atoms with Crippen molar-refractivity contribution in [3.8, 4) is 0 Å². The van der Waals surface area contributed by atoms with Crippen molar-refractivity contribution >= 4 is 17.5 Å². The zero-order chi connectivity index (χ0) is 11.3. The number of amides is 1. The lowest BCUT2D eigenvalue weighted by molar-refractivity contribution is 0.0949. The second kappa shape index (κ2) is 5.71. The van der Waals surface area contributed by atoms with Crippen molar-refractivity contribution < 1.29 is 4.79 Å². The number of pyridine rings is 1. The molecule has 4 heteroatoms. The summed E-state index contributed by atoms with van der Waals surface area (Å²) in [5.74, 6) is 0.770. The Hall–Kier alpha value is -1.09. The molecule has 0 fully saturated rings. The van der Waals surface area contributed by atoms with E-state index in [0.717, 1.165) is 5.69 Å². The van der Waals surface area contributed by atoms with Gasteiger partial charge in [0.1, 0.15) is 0 Å². The van der Waals surface area contributed by atoms with E-state index in [9.17, 15) is 4.79 Å². The van der Waals surface area contributed by atoms with Gasteiger partial charge in [-0.05, 0) is 25.0 Å². The number of hydrogen-bond donors (Lipinski definition) is 1. The van der Waals surface area contributed by atoms with Crippen LogP contribution in [0.4, 0.5) is 0 Å². The van der Waals surface area contributed by atoms with Gasteiger partial charge >= 0.3 is 0 Å². The summed E-state index contributed by atoms with van der Waals surface area (Å²) in [6, 6.07) is 3.47. The SMILES string of the molecule is Cc1cc(C(=O)NCC(C)CCl)ccn1. The van der Waals surface area contributed by atoms with Crippen molar-refractivity contribution in [2.24, 2.45) is 5.92 Å². The molecule has 15 heavy (non-hydrogen) atoms. The van der Waals surface area contributed by atoms with Gasteiger partial charge in [0, 0.05) is 29.9 Å². The molecule has 1 aromatic rings. The van der Waals surface area contributed by atoms with Gasteiger partial charge < -0.3 is 5.32 Å². The van der Waals surface area contributed by atoms with Gasteiger partial charge in [-0.2, -0.15) is 0 Å². The fraction of sp³-hybridized carbons (Fsp3) is 0.455. The largest absolute Gasteiger partial charge is 0.352 e. The van der Waals surface area contributed by atoms with Gasteiger partial charge in [-0.3, -0.25) is 9.78 Å². The Morgan fingerprint density at radius 1 is 1.67 bits per heavy atom. The molecule has 1 rings (SSSR count). The molecule has 0 spiro atoms. The van der Waals surface area contributed by atoms with E-state index < -0.39 is 0 Å². The van der Waals surface area contributed by atoms with Crippen LogP contribution in [0, 0.1) is 12.8 Å². The predicted molar refractivity (Wildman–Crippen MR) is 61.2 cm³/mol. The Morgan fingerprint density at radius 2 is 2.40 bits per heavy atom. The molecule has 3 nitrogen and oxygen atoms in total. The molecule has 0 aromatic carbocycles. The van der Waals surface area contributed by atoms with Gasteiger partial charge in [0.05, 0.1) is 0 Å². The van der Waals surface area contributed by atoms with Crippen molar-refractivity contribution in [1.82, 2.24) is 10.3 Å². The molecule has 1 amide bonds. The van der Waals surface area contributed by atoms with Crippen LogP contribution in [0.15, 0.2) is 18.3 Å². The summed E-state index contributed by atoms with van der Waals surface area (Å²) in [7, 11) is 0. The third-order valence-electron chi connectivity index (χ3n) is 2.03. The maximum atomic E-state index is 11.6. The molecular weight excluding hydrogens is 212 g/mol. The lowest BCUT2D eigenvalue weighted by Gasteiger charge is -2.09. The number of halogens is 1. The van der Waals surface area contributed by atoms with Gasteiger partial charge in [-0.15, -0.1) is 11.6 Å². The summed E-state index contributed by atoms with van der Waals surface area (Å²) < 4.78 is 0. The highest BCUT2D eigenvalue weighted by atomic mass is 35.5. The number of aryl methyl sites for hydroxylation is 1.